The molecule has 5 nitrogen and oxygen atoms in total. The molecule has 0 bridgehead atoms. The third-order valence-corrected chi connectivity index (χ3v) is 4.43. The Labute approximate surface area is 187 Å². The van der Waals surface area contributed by atoms with Crippen LogP contribution in [-0.2, 0) is 12.7 Å². The van der Waals surface area contributed by atoms with E-state index in [-0.39, 0.29) is 36.6 Å². The highest BCUT2D eigenvalue weighted by Gasteiger charge is 2.33. The van der Waals surface area contributed by atoms with Crippen LogP contribution in [0.25, 0.3) is 0 Å². The number of hydrogen-bond acceptors (Lipinski definition) is 4. The lowest BCUT2D eigenvalue weighted by Gasteiger charge is -2.18. The van der Waals surface area contributed by atoms with Crippen LogP contribution in [0.3, 0.4) is 0 Å². The highest BCUT2D eigenvalue weighted by atomic mass is 127. The summed E-state index contributed by atoms with van der Waals surface area (Å²) in [5.41, 5.74) is -0.891. The number of guanidine groups is 1. The molecule has 156 valence electrons. The maximum atomic E-state index is 12.6. The molecule has 11 heteroatoms. The largest absolute Gasteiger partial charge is 0.487 e. The molecular formula is C17H21ClF3IN4OS. The summed E-state index contributed by atoms with van der Waals surface area (Å²) in [4.78, 5) is 7.83. The summed E-state index contributed by atoms with van der Waals surface area (Å²) >= 11 is 7.00. The molecule has 0 spiro atoms. The molecule has 1 unspecified atom stereocenters. The highest BCUT2D eigenvalue weighted by Crippen LogP contribution is 2.30. The molecule has 1 aromatic carbocycles. The number of alkyl halides is 3. The van der Waals surface area contributed by atoms with Crippen LogP contribution in [0.2, 0.25) is 5.02 Å². The Kier molecular flexibility index (Phi) is 10.3. The minimum Gasteiger partial charge on any atom is -0.487 e. The summed E-state index contributed by atoms with van der Waals surface area (Å²) in [6.45, 7) is 4.86. The average molecular weight is 549 g/mol. The van der Waals surface area contributed by atoms with Gasteiger partial charge >= 0.3 is 6.18 Å². The molecule has 2 N–H and O–H groups in total. The lowest BCUT2D eigenvalue weighted by Crippen LogP contribution is -2.41. The van der Waals surface area contributed by atoms with Crippen molar-refractivity contribution in [3.63, 3.8) is 0 Å². The van der Waals surface area contributed by atoms with Gasteiger partial charge in [-0.15, -0.1) is 35.3 Å². The Morgan fingerprint density at radius 2 is 2.04 bits per heavy atom. The zero-order chi connectivity index (χ0) is 19.9. The van der Waals surface area contributed by atoms with Crippen LogP contribution in [-0.4, -0.2) is 30.1 Å². The fraction of sp³-hybridized carbons (Fsp3) is 0.412. The van der Waals surface area contributed by atoms with E-state index in [1.807, 2.05) is 26.0 Å². The van der Waals surface area contributed by atoms with E-state index in [2.05, 4.69) is 20.6 Å². The van der Waals surface area contributed by atoms with Crippen LogP contribution in [0.5, 0.6) is 5.75 Å². The predicted octanol–water partition coefficient (Wildman–Crippen LogP) is 4.96. The number of hydrogen-bond donors (Lipinski definition) is 2. The van der Waals surface area contributed by atoms with E-state index in [1.54, 1.807) is 12.1 Å². The standard InChI is InChI=1S/C17H20ClF3N4OS.HI/c1-3-22-16(24-9-15-25-14(10-27-15)17(19,20)21)23-8-11(2)26-13-7-5-4-6-12(13)18;/h4-7,10-11H,3,8-9H2,1-2H3,(H2,22,23,24);1H. The van der Waals surface area contributed by atoms with Gasteiger partial charge in [-0.1, -0.05) is 23.7 Å². The summed E-state index contributed by atoms with van der Waals surface area (Å²) in [5, 5.41) is 7.93. The topological polar surface area (TPSA) is 58.5 Å². The number of ether oxygens (including phenoxy) is 1. The Morgan fingerprint density at radius 3 is 2.64 bits per heavy atom. The summed E-state index contributed by atoms with van der Waals surface area (Å²) < 4.78 is 43.6. The van der Waals surface area contributed by atoms with Gasteiger partial charge in [-0.25, -0.2) is 9.98 Å². The van der Waals surface area contributed by atoms with Crippen LogP contribution >= 0.6 is 46.9 Å². The van der Waals surface area contributed by atoms with Gasteiger partial charge in [0.05, 0.1) is 18.1 Å². The number of aromatic nitrogens is 1. The number of para-hydroxylation sites is 1. The zero-order valence-corrected chi connectivity index (χ0v) is 19.1. The Morgan fingerprint density at radius 1 is 1.32 bits per heavy atom. The van der Waals surface area contributed by atoms with E-state index in [0.29, 0.717) is 34.8 Å². The van der Waals surface area contributed by atoms with Crippen molar-refractivity contribution in [3.05, 3.63) is 45.4 Å². The van der Waals surface area contributed by atoms with Gasteiger partial charge in [0.15, 0.2) is 11.7 Å². The van der Waals surface area contributed by atoms with Crippen LogP contribution in [0.15, 0.2) is 34.6 Å². The van der Waals surface area contributed by atoms with Crippen molar-refractivity contribution in [2.24, 2.45) is 4.99 Å². The molecule has 28 heavy (non-hydrogen) atoms. The molecule has 0 saturated carbocycles. The number of halogens is 5. The molecule has 1 heterocycles. The van der Waals surface area contributed by atoms with Gasteiger partial charge in [0.2, 0.25) is 0 Å². The third kappa shape index (κ3) is 8.00. The van der Waals surface area contributed by atoms with Crippen molar-refractivity contribution >= 4 is 52.9 Å². The van der Waals surface area contributed by atoms with E-state index in [1.165, 1.54) is 0 Å². The quantitative estimate of drug-likeness (QED) is 0.292. The van der Waals surface area contributed by atoms with Crippen LogP contribution < -0.4 is 15.4 Å². The maximum Gasteiger partial charge on any atom is 0.434 e. The number of thiazole rings is 1. The molecule has 2 rings (SSSR count). The van der Waals surface area contributed by atoms with Crippen molar-refractivity contribution in [2.45, 2.75) is 32.7 Å². The molecule has 1 aromatic heterocycles. The van der Waals surface area contributed by atoms with E-state index in [0.717, 1.165) is 16.7 Å². The molecule has 0 radical (unpaired) electrons. The fourth-order valence-electron chi connectivity index (χ4n) is 2.04. The monoisotopic (exact) mass is 548 g/mol. The number of benzene rings is 1. The summed E-state index contributed by atoms with van der Waals surface area (Å²) in [6.07, 6.45) is -4.64. The van der Waals surface area contributed by atoms with Gasteiger partial charge < -0.3 is 15.4 Å². The summed E-state index contributed by atoms with van der Waals surface area (Å²) in [7, 11) is 0. The molecular weight excluding hydrogens is 528 g/mol. The smallest absolute Gasteiger partial charge is 0.434 e. The zero-order valence-electron chi connectivity index (χ0n) is 15.2. The van der Waals surface area contributed by atoms with Gasteiger partial charge in [-0.3, -0.25) is 0 Å². The predicted molar refractivity (Wildman–Crippen MR) is 117 cm³/mol. The number of nitrogens with one attached hydrogen (secondary N) is 2. The van der Waals surface area contributed by atoms with Gasteiger partial charge in [-0.05, 0) is 26.0 Å². The summed E-state index contributed by atoms with van der Waals surface area (Å²) in [5.74, 6) is 1.05. The van der Waals surface area contributed by atoms with Crippen molar-refractivity contribution in [1.82, 2.24) is 15.6 Å². The number of aliphatic imine (C=N–C) groups is 1. The van der Waals surface area contributed by atoms with Gasteiger partial charge in [-0.2, -0.15) is 13.2 Å². The molecule has 2 aromatic rings. The van der Waals surface area contributed by atoms with Crippen LogP contribution in [0.4, 0.5) is 13.2 Å². The highest BCUT2D eigenvalue weighted by molar-refractivity contribution is 14.0. The van der Waals surface area contributed by atoms with E-state index < -0.39 is 11.9 Å². The van der Waals surface area contributed by atoms with Crippen molar-refractivity contribution < 1.29 is 17.9 Å². The molecule has 0 saturated heterocycles. The van der Waals surface area contributed by atoms with Crippen molar-refractivity contribution in [2.75, 3.05) is 13.1 Å². The fourth-order valence-corrected chi connectivity index (χ4v) is 2.95. The number of nitrogens with zero attached hydrogens (tertiary/aromatic N) is 2. The molecule has 0 aliphatic heterocycles. The first kappa shape index (κ1) is 24.8. The molecule has 0 amide bonds. The van der Waals surface area contributed by atoms with E-state index >= 15 is 0 Å². The maximum absolute atomic E-state index is 12.6. The third-order valence-electron chi connectivity index (χ3n) is 3.28. The number of rotatable bonds is 7. The first-order chi connectivity index (χ1) is 12.8. The average Bonchev–Trinajstić information content (AvgIpc) is 3.09. The Bertz CT molecular complexity index is 773. The minimum absolute atomic E-state index is 0. The van der Waals surface area contributed by atoms with Gasteiger partial charge in [0.25, 0.3) is 0 Å². The first-order valence-corrected chi connectivity index (χ1v) is 9.50. The van der Waals surface area contributed by atoms with Crippen LogP contribution in [0.1, 0.15) is 24.5 Å². The van der Waals surface area contributed by atoms with E-state index in [4.69, 9.17) is 16.3 Å². The first-order valence-electron chi connectivity index (χ1n) is 8.24. The molecule has 0 aliphatic rings. The minimum atomic E-state index is -4.44. The second-order valence-electron chi connectivity index (χ2n) is 5.56. The van der Waals surface area contributed by atoms with Gasteiger partial charge in [0.1, 0.15) is 16.9 Å². The second-order valence-corrected chi connectivity index (χ2v) is 6.91. The molecule has 0 aliphatic carbocycles. The van der Waals surface area contributed by atoms with Crippen molar-refractivity contribution in [3.8, 4) is 5.75 Å². The Balaban J connectivity index is 0.00000392. The van der Waals surface area contributed by atoms with E-state index in [9.17, 15) is 13.2 Å². The normalized spacial score (nSPS) is 12.9. The summed E-state index contributed by atoms with van der Waals surface area (Å²) in [6, 6.07) is 7.16. The lowest BCUT2D eigenvalue weighted by molar-refractivity contribution is -0.140. The Hall–Kier alpha value is -1.27. The van der Waals surface area contributed by atoms with Crippen LogP contribution in [0, 0.1) is 0 Å². The van der Waals surface area contributed by atoms with Gasteiger partial charge in [0, 0.05) is 11.9 Å². The lowest BCUT2D eigenvalue weighted by atomic mass is 10.3. The molecule has 0 fully saturated rings. The van der Waals surface area contributed by atoms with Crippen molar-refractivity contribution in [1.29, 1.82) is 0 Å². The second kappa shape index (κ2) is 11.7. The SMILES string of the molecule is CCNC(=NCc1nc(C(F)(F)F)cs1)NCC(C)Oc1ccccc1Cl.I. The molecule has 1 atom stereocenters.